The number of carbonyl (C=O) groups excluding carboxylic acids is 1. The zero-order valence-electron chi connectivity index (χ0n) is 14.2. The molecule has 2 nitrogen and oxygen atoms in total. The van der Waals surface area contributed by atoms with E-state index >= 15 is 0 Å². The fraction of sp³-hybridized carbons (Fsp3) is 0.136. The van der Waals surface area contributed by atoms with E-state index in [1.54, 1.807) is 6.07 Å². The number of benzene rings is 3. The lowest BCUT2D eigenvalue weighted by atomic mass is 10.0. The van der Waals surface area contributed by atoms with E-state index in [9.17, 15) is 4.79 Å². The lowest BCUT2D eigenvalue weighted by Crippen LogP contribution is -2.09. The molecular formula is C22H20O2. The highest BCUT2D eigenvalue weighted by molar-refractivity contribution is 5.91. The molecule has 24 heavy (non-hydrogen) atoms. The average Bonchev–Trinajstić information content (AvgIpc) is 2.57. The summed E-state index contributed by atoms with van der Waals surface area (Å²) in [5.41, 5.74) is 6.05. The number of carbonyl (C=O) groups is 1. The molecule has 0 N–H and O–H groups in total. The molecule has 0 fully saturated rings. The minimum absolute atomic E-state index is 0.329. The van der Waals surface area contributed by atoms with Gasteiger partial charge in [0.15, 0.2) is 0 Å². The molecule has 120 valence electrons. The van der Waals surface area contributed by atoms with E-state index in [4.69, 9.17) is 4.74 Å². The fourth-order valence-electron chi connectivity index (χ4n) is 2.62. The van der Waals surface area contributed by atoms with Crippen molar-refractivity contribution in [2.45, 2.75) is 20.8 Å². The average molecular weight is 316 g/mol. The predicted molar refractivity (Wildman–Crippen MR) is 97.5 cm³/mol. The van der Waals surface area contributed by atoms with Crippen LogP contribution in [-0.2, 0) is 0 Å². The molecule has 0 aromatic heterocycles. The van der Waals surface area contributed by atoms with Gasteiger partial charge in [0.2, 0.25) is 0 Å². The summed E-state index contributed by atoms with van der Waals surface area (Å²) in [5.74, 6) is 0.266. The molecule has 0 bridgehead atoms. The zero-order valence-corrected chi connectivity index (χ0v) is 14.2. The van der Waals surface area contributed by atoms with Crippen molar-refractivity contribution in [1.29, 1.82) is 0 Å². The molecule has 2 heteroatoms. The van der Waals surface area contributed by atoms with Crippen LogP contribution in [0.25, 0.3) is 11.1 Å². The van der Waals surface area contributed by atoms with Crippen LogP contribution >= 0.6 is 0 Å². The maximum absolute atomic E-state index is 12.3. The molecule has 0 amide bonds. The van der Waals surface area contributed by atoms with Gasteiger partial charge in [-0.3, -0.25) is 0 Å². The Hall–Kier alpha value is -2.87. The van der Waals surface area contributed by atoms with Gasteiger partial charge in [0.1, 0.15) is 5.75 Å². The van der Waals surface area contributed by atoms with Crippen LogP contribution in [0.4, 0.5) is 0 Å². The van der Waals surface area contributed by atoms with Crippen molar-refractivity contribution in [3.8, 4) is 16.9 Å². The molecule has 0 spiro atoms. The number of hydrogen-bond donors (Lipinski definition) is 0. The van der Waals surface area contributed by atoms with Crippen LogP contribution in [-0.4, -0.2) is 5.97 Å². The van der Waals surface area contributed by atoms with E-state index in [0.717, 1.165) is 22.3 Å². The maximum atomic E-state index is 12.3. The highest BCUT2D eigenvalue weighted by Gasteiger charge is 2.11. The van der Waals surface area contributed by atoms with Gasteiger partial charge in [-0.05, 0) is 61.7 Å². The van der Waals surface area contributed by atoms with Gasteiger partial charge in [-0.1, -0.05) is 53.6 Å². The topological polar surface area (TPSA) is 26.3 Å². The van der Waals surface area contributed by atoms with Crippen LogP contribution in [0.3, 0.4) is 0 Å². The first-order chi connectivity index (χ1) is 11.5. The molecule has 0 aliphatic rings. The van der Waals surface area contributed by atoms with Gasteiger partial charge in [-0.2, -0.15) is 0 Å². The molecule has 0 atom stereocenters. The quantitative estimate of drug-likeness (QED) is 0.471. The van der Waals surface area contributed by atoms with Crippen LogP contribution < -0.4 is 4.74 Å². The van der Waals surface area contributed by atoms with Gasteiger partial charge in [-0.25, -0.2) is 4.79 Å². The Kier molecular flexibility index (Phi) is 4.48. The van der Waals surface area contributed by atoms with Crippen LogP contribution in [0.2, 0.25) is 0 Å². The van der Waals surface area contributed by atoms with Crippen molar-refractivity contribution >= 4 is 5.97 Å². The second-order valence-corrected chi connectivity index (χ2v) is 6.11. The molecule has 3 rings (SSSR count). The largest absolute Gasteiger partial charge is 0.423 e. The highest BCUT2D eigenvalue weighted by Crippen LogP contribution is 2.27. The normalized spacial score (nSPS) is 10.5. The van der Waals surface area contributed by atoms with Gasteiger partial charge in [0.25, 0.3) is 0 Å². The Morgan fingerprint density at radius 3 is 2.12 bits per heavy atom. The number of ether oxygens (including phenoxy) is 1. The van der Waals surface area contributed by atoms with Crippen LogP contribution in [0.1, 0.15) is 27.0 Å². The summed E-state index contributed by atoms with van der Waals surface area (Å²) in [6.45, 7) is 5.98. The van der Waals surface area contributed by atoms with E-state index in [1.807, 2.05) is 50.2 Å². The van der Waals surface area contributed by atoms with Crippen molar-refractivity contribution in [2.24, 2.45) is 0 Å². The third-order valence-corrected chi connectivity index (χ3v) is 4.02. The molecule has 3 aromatic rings. The molecule has 0 heterocycles. The third kappa shape index (κ3) is 3.54. The second-order valence-electron chi connectivity index (χ2n) is 6.11. The number of esters is 1. The fourth-order valence-corrected chi connectivity index (χ4v) is 2.62. The molecule has 0 radical (unpaired) electrons. The Morgan fingerprint density at radius 2 is 1.46 bits per heavy atom. The maximum Gasteiger partial charge on any atom is 0.343 e. The summed E-state index contributed by atoms with van der Waals surface area (Å²) in [5, 5.41) is 0. The smallest absolute Gasteiger partial charge is 0.343 e. The number of aryl methyl sites for hydroxylation is 3. The summed E-state index contributed by atoms with van der Waals surface area (Å²) in [6.07, 6.45) is 0. The third-order valence-electron chi connectivity index (χ3n) is 4.02. The SMILES string of the molecule is Cc1ccc(-c2ccc(OC(=O)c3cccc(C)c3)c(C)c2)cc1. The molecule has 0 saturated carbocycles. The highest BCUT2D eigenvalue weighted by atomic mass is 16.5. The van der Waals surface area contributed by atoms with E-state index in [2.05, 4.69) is 31.2 Å². The van der Waals surface area contributed by atoms with Crippen molar-refractivity contribution < 1.29 is 9.53 Å². The first kappa shape index (κ1) is 16.0. The molecule has 0 saturated heterocycles. The van der Waals surface area contributed by atoms with Gasteiger partial charge in [0, 0.05) is 0 Å². The standard InChI is InChI=1S/C22H20O2/c1-15-7-9-18(10-8-15)19-11-12-21(17(3)14-19)24-22(23)20-6-4-5-16(2)13-20/h4-14H,1-3H3. The number of rotatable bonds is 3. The van der Waals surface area contributed by atoms with Gasteiger partial charge < -0.3 is 4.74 Å². The Morgan fingerprint density at radius 1 is 0.750 bits per heavy atom. The van der Waals surface area contributed by atoms with Crippen LogP contribution in [0.15, 0.2) is 66.7 Å². The van der Waals surface area contributed by atoms with E-state index in [1.165, 1.54) is 5.56 Å². The summed E-state index contributed by atoms with van der Waals surface area (Å²) >= 11 is 0. The van der Waals surface area contributed by atoms with Crippen molar-refractivity contribution in [2.75, 3.05) is 0 Å². The first-order valence-corrected chi connectivity index (χ1v) is 7.99. The predicted octanol–water partition coefficient (Wildman–Crippen LogP) is 5.50. The molecule has 0 unspecified atom stereocenters. The second kappa shape index (κ2) is 6.71. The summed E-state index contributed by atoms with van der Waals surface area (Å²) in [4.78, 5) is 12.3. The van der Waals surface area contributed by atoms with Crippen molar-refractivity contribution in [3.05, 3.63) is 89.0 Å². The minimum atomic E-state index is -0.329. The molecule has 0 aliphatic heterocycles. The zero-order chi connectivity index (χ0) is 17.1. The van der Waals surface area contributed by atoms with E-state index in [0.29, 0.717) is 11.3 Å². The van der Waals surface area contributed by atoms with Gasteiger partial charge in [0.05, 0.1) is 5.56 Å². The van der Waals surface area contributed by atoms with Gasteiger partial charge in [-0.15, -0.1) is 0 Å². The van der Waals surface area contributed by atoms with Crippen LogP contribution in [0.5, 0.6) is 5.75 Å². The van der Waals surface area contributed by atoms with Crippen molar-refractivity contribution in [1.82, 2.24) is 0 Å². The summed E-state index contributed by atoms with van der Waals surface area (Å²) in [6, 6.07) is 21.7. The van der Waals surface area contributed by atoms with Gasteiger partial charge >= 0.3 is 5.97 Å². The summed E-state index contributed by atoms with van der Waals surface area (Å²) < 4.78 is 5.56. The Balaban J connectivity index is 1.82. The first-order valence-electron chi connectivity index (χ1n) is 7.99. The van der Waals surface area contributed by atoms with E-state index in [-0.39, 0.29) is 5.97 Å². The molecule has 0 aliphatic carbocycles. The van der Waals surface area contributed by atoms with E-state index < -0.39 is 0 Å². The number of hydrogen-bond acceptors (Lipinski definition) is 2. The lowest BCUT2D eigenvalue weighted by Gasteiger charge is -2.10. The summed E-state index contributed by atoms with van der Waals surface area (Å²) in [7, 11) is 0. The Bertz CT molecular complexity index is 877. The minimum Gasteiger partial charge on any atom is -0.423 e. The van der Waals surface area contributed by atoms with Crippen molar-refractivity contribution in [3.63, 3.8) is 0 Å². The molecular weight excluding hydrogens is 296 g/mol. The van der Waals surface area contributed by atoms with Crippen LogP contribution in [0, 0.1) is 20.8 Å². The molecule has 3 aromatic carbocycles. The monoisotopic (exact) mass is 316 g/mol. The lowest BCUT2D eigenvalue weighted by molar-refractivity contribution is 0.0733. The Labute approximate surface area is 142 Å².